The number of rotatable bonds is 8. The molecule has 0 unspecified atom stereocenters. The highest BCUT2D eigenvalue weighted by atomic mass is 16.5. The van der Waals surface area contributed by atoms with Crippen LogP contribution in [0.4, 0.5) is 0 Å². The maximum atomic E-state index is 5.77. The van der Waals surface area contributed by atoms with Crippen LogP contribution < -0.4 is 10.1 Å². The molecule has 0 bridgehead atoms. The summed E-state index contributed by atoms with van der Waals surface area (Å²) in [6.07, 6.45) is 3.55. The van der Waals surface area contributed by atoms with E-state index in [-0.39, 0.29) is 5.54 Å². The van der Waals surface area contributed by atoms with Gasteiger partial charge in [0.2, 0.25) is 0 Å². The van der Waals surface area contributed by atoms with Gasteiger partial charge in [-0.2, -0.15) is 0 Å². The number of ether oxygens (including phenoxy) is 1. The predicted octanol–water partition coefficient (Wildman–Crippen LogP) is 4.75. The van der Waals surface area contributed by atoms with Crippen molar-refractivity contribution in [2.45, 2.75) is 65.3 Å². The molecule has 1 aromatic rings. The Balaban J connectivity index is 2.09. The predicted molar refractivity (Wildman–Crippen MR) is 87.6 cm³/mol. The molecule has 1 rings (SSSR count). The second-order valence-corrected chi connectivity index (χ2v) is 6.81. The number of nitrogens with one attached hydrogen (secondary N) is 1. The Morgan fingerprint density at radius 2 is 1.65 bits per heavy atom. The van der Waals surface area contributed by atoms with Gasteiger partial charge in [0.25, 0.3) is 0 Å². The van der Waals surface area contributed by atoms with E-state index in [9.17, 15) is 0 Å². The Labute approximate surface area is 124 Å². The topological polar surface area (TPSA) is 21.3 Å². The summed E-state index contributed by atoms with van der Waals surface area (Å²) in [5.41, 5.74) is 1.60. The molecular formula is C18H31NO. The van der Waals surface area contributed by atoms with Crippen molar-refractivity contribution < 1.29 is 4.74 Å². The molecule has 0 saturated heterocycles. The Bertz CT molecular complexity index is 362. The zero-order chi connectivity index (χ0) is 15.0. The molecule has 0 aliphatic carbocycles. The molecule has 0 amide bonds. The first kappa shape index (κ1) is 17.0. The number of unbranched alkanes of at least 4 members (excludes halogenated alkanes) is 2. The molecule has 0 aliphatic heterocycles. The first-order valence-electron chi connectivity index (χ1n) is 7.86. The van der Waals surface area contributed by atoms with E-state index in [1.54, 1.807) is 0 Å². The highest BCUT2D eigenvalue weighted by Crippen LogP contribution is 2.18. The number of hydrogen-bond acceptors (Lipinski definition) is 2. The van der Waals surface area contributed by atoms with Crippen molar-refractivity contribution in [2.75, 3.05) is 13.2 Å². The van der Waals surface area contributed by atoms with Crippen molar-refractivity contribution in [1.29, 1.82) is 0 Å². The van der Waals surface area contributed by atoms with Crippen LogP contribution in [0, 0.1) is 0 Å². The van der Waals surface area contributed by atoms with Gasteiger partial charge in [-0.3, -0.25) is 0 Å². The molecule has 0 fully saturated rings. The standard InChI is InChI=1S/C18H31NO/c1-15(2)16-9-11-17(12-10-16)20-14-8-6-7-13-19-18(3,4)5/h9-12,15,19H,6-8,13-14H2,1-5H3. The van der Waals surface area contributed by atoms with Gasteiger partial charge in [-0.05, 0) is 70.2 Å². The van der Waals surface area contributed by atoms with Gasteiger partial charge in [0.1, 0.15) is 5.75 Å². The molecule has 0 aromatic heterocycles. The molecule has 2 heteroatoms. The van der Waals surface area contributed by atoms with Gasteiger partial charge in [-0.15, -0.1) is 0 Å². The fourth-order valence-electron chi connectivity index (χ4n) is 2.01. The Hall–Kier alpha value is -1.02. The van der Waals surface area contributed by atoms with E-state index in [1.807, 2.05) is 0 Å². The molecule has 2 nitrogen and oxygen atoms in total. The van der Waals surface area contributed by atoms with Crippen molar-refractivity contribution in [3.8, 4) is 5.75 Å². The van der Waals surface area contributed by atoms with Crippen LogP contribution in [0.3, 0.4) is 0 Å². The summed E-state index contributed by atoms with van der Waals surface area (Å²) in [6.45, 7) is 12.9. The second kappa shape index (κ2) is 8.31. The summed E-state index contributed by atoms with van der Waals surface area (Å²) in [6, 6.07) is 8.48. The smallest absolute Gasteiger partial charge is 0.119 e. The van der Waals surface area contributed by atoms with Gasteiger partial charge in [-0.25, -0.2) is 0 Å². The molecule has 0 heterocycles. The van der Waals surface area contributed by atoms with Crippen LogP contribution in [0.1, 0.15) is 65.4 Å². The van der Waals surface area contributed by atoms with E-state index in [2.05, 4.69) is 64.2 Å². The van der Waals surface area contributed by atoms with Crippen molar-refractivity contribution in [2.24, 2.45) is 0 Å². The third-order valence-corrected chi connectivity index (χ3v) is 3.29. The monoisotopic (exact) mass is 277 g/mol. The molecular weight excluding hydrogens is 246 g/mol. The van der Waals surface area contributed by atoms with Gasteiger partial charge in [0.15, 0.2) is 0 Å². The number of benzene rings is 1. The molecule has 0 spiro atoms. The zero-order valence-corrected chi connectivity index (χ0v) is 13.8. The lowest BCUT2D eigenvalue weighted by Crippen LogP contribution is -2.36. The molecule has 1 N–H and O–H groups in total. The summed E-state index contributed by atoms with van der Waals surface area (Å²) in [5, 5.41) is 3.51. The molecule has 20 heavy (non-hydrogen) atoms. The van der Waals surface area contributed by atoms with Crippen LogP contribution in [-0.2, 0) is 0 Å². The van der Waals surface area contributed by atoms with Crippen LogP contribution in [0.15, 0.2) is 24.3 Å². The van der Waals surface area contributed by atoms with E-state index >= 15 is 0 Å². The van der Waals surface area contributed by atoms with Gasteiger partial charge in [0, 0.05) is 5.54 Å². The lowest BCUT2D eigenvalue weighted by atomic mass is 10.0. The summed E-state index contributed by atoms with van der Waals surface area (Å²) in [5.74, 6) is 1.57. The fourth-order valence-corrected chi connectivity index (χ4v) is 2.01. The van der Waals surface area contributed by atoms with Crippen molar-refractivity contribution in [1.82, 2.24) is 5.32 Å². The van der Waals surface area contributed by atoms with Crippen LogP contribution in [-0.4, -0.2) is 18.7 Å². The zero-order valence-electron chi connectivity index (χ0n) is 13.8. The molecule has 114 valence electrons. The Kier molecular flexibility index (Phi) is 7.08. The molecule has 1 aromatic carbocycles. The van der Waals surface area contributed by atoms with Crippen LogP contribution in [0.2, 0.25) is 0 Å². The van der Waals surface area contributed by atoms with Crippen LogP contribution in [0.5, 0.6) is 5.75 Å². The van der Waals surface area contributed by atoms with E-state index in [4.69, 9.17) is 4.74 Å². The molecule has 0 radical (unpaired) electrons. The van der Waals surface area contributed by atoms with Crippen molar-refractivity contribution in [3.05, 3.63) is 29.8 Å². The first-order valence-corrected chi connectivity index (χ1v) is 7.86. The minimum absolute atomic E-state index is 0.231. The average molecular weight is 277 g/mol. The van der Waals surface area contributed by atoms with Crippen LogP contribution >= 0.6 is 0 Å². The van der Waals surface area contributed by atoms with E-state index in [1.165, 1.54) is 18.4 Å². The number of hydrogen-bond donors (Lipinski definition) is 1. The fraction of sp³-hybridized carbons (Fsp3) is 0.667. The van der Waals surface area contributed by atoms with Gasteiger partial charge in [0.05, 0.1) is 6.61 Å². The SMILES string of the molecule is CC(C)c1ccc(OCCCCCNC(C)(C)C)cc1. The average Bonchev–Trinajstić information content (AvgIpc) is 2.37. The van der Waals surface area contributed by atoms with Crippen LogP contribution in [0.25, 0.3) is 0 Å². The molecule has 0 atom stereocenters. The van der Waals surface area contributed by atoms with E-state index in [0.29, 0.717) is 5.92 Å². The lowest BCUT2D eigenvalue weighted by Gasteiger charge is -2.20. The highest BCUT2D eigenvalue weighted by Gasteiger charge is 2.06. The van der Waals surface area contributed by atoms with E-state index < -0.39 is 0 Å². The van der Waals surface area contributed by atoms with Gasteiger partial charge >= 0.3 is 0 Å². The molecule has 0 aliphatic rings. The third kappa shape index (κ3) is 7.54. The van der Waals surface area contributed by atoms with Crippen molar-refractivity contribution in [3.63, 3.8) is 0 Å². The second-order valence-electron chi connectivity index (χ2n) is 6.81. The maximum absolute atomic E-state index is 5.77. The minimum atomic E-state index is 0.231. The van der Waals surface area contributed by atoms with E-state index in [0.717, 1.165) is 25.3 Å². The van der Waals surface area contributed by atoms with Gasteiger partial charge in [-0.1, -0.05) is 26.0 Å². The Morgan fingerprint density at radius 1 is 1.00 bits per heavy atom. The third-order valence-electron chi connectivity index (χ3n) is 3.29. The Morgan fingerprint density at radius 3 is 2.20 bits per heavy atom. The van der Waals surface area contributed by atoms with Crippen molar-refractivity contribution >= 4 is 0 Å². The highest BCUT2D eigenvalue weighted by molar-refractivity contribution is 5.28. The normalized spacial score (nSPS) is 11.9. The molecule has 0 saturated carbocycles. The summed E-state index contributed by atoms with van der Waals surface area (Å²) in [4.78, 5) is 0. The lowest BCUT2D eigenvalue weighted by molar-refractivity contribution is 0.303. The van der Waals surface area contributed by atoms with Gasteiger partial charge < -0.3 is 10.1 Å². The minimum Gasteiger partial charge on any atom is -0.494 e. The maximum Gasteiger partial charge on any atom is 0.119 e. The summed E-state index contributed by atoms with van der Waals surface area (Å²) < 4.78 is 5.77. The summed E-state index contributed by atoms with van der Waals surface area (Å²) in [7, 11) is 0. The largest absolute Gasteiger partial charge is 0.494 e. The summed E-state index contributed by atoms with van der Waals surface area (Å²) >= 11 is 0. The first-order chi connectivity index (χ1) is 9.38. The quantitative estimate of drug-likeness (QED) is 0.692.